The molecule has 1 unspecified atom stereocenters. The van der Waals surface area contributed by atoms with E-state index in [0.717, 1.165) is 25.5 Å². The quantitative estimate of drug-likeness (QED) is 0.875. The number of nitrogens with zero attached hydrogens (tertiary/aromatic N) is 1. The Bertz CT molecular complexity index is 578. The van der Waals surface area contributed by atoms with Crippen molar-refractivity contribution in [3.05, 3.63) is 35.4 Å². The van der Waals surface area contributed by atoms with Gasteiger partial charge in [-0.15, -0.1) is 0 Å². The Morgan fingerprint density at radius 3 is 2.83 bits per heavy atom. The van der Waals surface area contributed by atoms with E-state index in [9.17, 15) is 18.4 Å². The second kappa shape index (κ2) is 8.04. The van der Waals surface area contributed by atoms with E-state index in [0.29, 0.717) is 19.4 Å². The largest absolute Gasteiger partial charge is 0.349 e. The summed E-state index contributed by atoms with van der Waals surface area (Å²) in [7, 11) is 0. The molecule has 1 N–H and O–H groups in total. The summed E-state index contributed by atoms with van der Waals surface area (Å²) in [5.41, 5.74) is 0.256. The van der Waals surface area contributed by atoms with Gasteiger partial charge < -0.3 is 10.2 Å². The van der Waals surface area contributed by atoms with E-state index in [1.807, 2.05) is 0 Å². The van der Waals surface area contributed by atoms with E-state index < -0.39 is 17.7 Å². The van der Waals surface area contributed by atoms with Crippen LogP contribution in [0.1, 0.15) is 50.6 Å². The number of piperidine rings is 1. The van der Waals surface area contributed by atoms with Gasteiger partial charge >= 0.3 is 0 Å². The van der Waals surface area contributed by atoms with E-state index >= 15 is 0 Å². The number of carbonyl (C=O) groups is 2. The zero-order chi connectivity index (χ0) is 16.8. The lowest BCUT2D eigenvalue weighted by Crippen LogP contribution is -2.36. The number of benzene rings is 1. The fourth-order valence-corrected chi connectivity index (χ4v) is 2.77. The zero-order valence-electron chi connectivity index (χ0n) is 13.3. The molecule has 6 heteroatoms. The van der Waals surface area contributed by atoms with Crippen molar-refractivity contribution >= 4 is 11.8 Å². The van der Waals surface area contributed by atoms with Crippen molar-refractivity contribution in [3.63, 3.8) is 0 Å². The lowest BCUT2D eigenvalue weighted by Gasteiger charge is -2.26. The minimum absolute atomic E-state index is 0.151. The van der Waals surface area contributed by atoms with Crippen LogP contribution in [0, 0.1) is 11.6 Å². The summed E-state index contributed by atoms with van der Waals surface area (Å²) in [5.74, 6) is -1.36. The maximum atomic E-state index is 13.7. The van der Waals surface area contributed by atoms with Gasteiger partial charge in [0, 0.05) is 37.6 Å². The second-order valence-corrected chi connectivity index (χ2v) is 5.90. The number of amides is 2. The van der Waals surface area contributed by atoms with Crippen LogP contribution in [-0.4, -0.2) is 29.8 Å². The number of likely N-dealkylation sites (tertiary alicyclic amines) is 1. The molecule has 1 atom stereocenters. The van der Waals surface area contributed by atoms with Crippen LogP contribution >= 0.6 is 0 Å². The summed E-state index contributed by atoms with van der Waals surface area (Å²) < 4.78 is 26.5. The monoisotopic (exact) mass is 324 g/mol. The molecule has 23 heavy (non-hydrogen) atoms. The van der Waals surface area contributed by atoms with Gasteiger partial charge in [0.2, 0.25) is 11.8 Å². The van der Waals surface area contributed by atoms with Crippen LogP contribution in [0.25, 0.3) is 0 Å². The smallest absolute Gasteiger partial charge is 0.222 e. The first-order valence-electron chi connectivity index (χ1n) is 7.99. The van der Waals surface area contributed by atoms with Gasteiger partial charge in [-0.05, 0) is 32.3 Å². The first-order chi connectivity index (χ1) is 11.0. The molecule has 4 nitrogen and oxygen atoms in total. The molecular weight excluding hydrogens is 302 g/mol. The molecule has 126 valence electrons. The molecule has 1 aliphatic heterocycles. The summed E-state index contributed by atoms with van der Waals surface area (Å²) in [4.78, 5) is 25.4. The molecule has 0 aromatic heterocycles. The van der Waals surface area contributed by atoms with Crippen molar-refractivity contribution in [2.75, 3.05) is 13.1 Å². The Morgan fingerprint density at radius 2 is 2.13 bits per heavy atom. The first kappa shape index (κ1) is 17.4. The number of rotatable bonds is 6. The normalized spacial score (nSPS) is 16.3. The number of nitrogens with one attached hydrogen (secondary N) is 1. The average molecular weight is 324 g/mol. The summed E-state index contributed by atoms with van der Waals surface area (Å²) in [6.07, 6.45) is 3.40. The Kier molecular flexibility index (Phi) is 6.07. The van der Waals surface area contributed by atoms with Gasteiger partial charge in [0.05, 0.1) is 6.04 Å². The van der Waals surface area contributed by atoms with Crippen LogP contribution < -0.4 is 5.32 Å². The van der Waals surface area contributed by atoms with Gasteiger partial charge in [0.25, 0.3) is 0 Å². The second-order valence-electron chi connectivity index (χ2n) is 5.90. The molecule has 1 fully saturated rings. The van der Waals surface area contributed by atoms with Gasteiger partial charge in [0.1, 0.15) is 11.6 Å². The van der Waals surface area contributed by atoms with Crippen LogP contribution in [0.4, 0.5) is 8.78 Å². The highest BCUT2D eigenvalue weighted by Gasteiger charge is 2.18. The number of hydrogen-bond acceptors (Lipinski definition) is 2. The minimum Gasteiger partial charge on any atom is -0.349 e. The highest BCUT2D eigenvalue weighted by atomic mass is 19.1. The predicted octanol–water partition coefficient (Wildman–Crippen LogP) is 2.93. The van der Waals surface area contributed by atoms with Crippen LogP contribution in [0.2, 0.25) is 0 Å². The molecule has 2 rings (SSSR count). The van der Waals surface area contributed by atoms with Gasteiger partial charge in [-0.2, -0.15) is 0 Å². The van der Waals surface area contributed by atoms with Crippen molar-refractivity contribution in [1.29, 1.82) is 0 Å². The van der Waals surface area contributed by atoms with Crippen molar-refractivity contribution < 1.29 is 18.4 Å². The molecule has 1 aromatic rings. The molecule has 1 heterocycles. The molecule has 1 saturated heterocycles. The third kappa shape index (κ3) is 5.01. The minimum atomic E-state index is -0.670. The van der Waals surface area contributed by atoms with Crippen LogP contribution in [0.5, 0.6) is 0 Å². The van der Waals surface area contributed by atoms with E-state index in [2.05, 4.69) is 5.32 Å². The van der Waals surface area contributed by atoms with Gasteiger partial charge in [-0.1, -0.05) is 6.07 Å². The lowest BCUT2D eigenvalue weighted by atomic mass is 10.1. The Morgan fingerprint density at radius 1 is 1.35 bits per heavy atom. The summed E-state index contributed by atoms with van der Waals surface area (Å²) in [6.45, 7) is 2.99. The maximum Gasteiger partial charge on any atom is 0.222 e. The number of hydrogen-bond donors (Lipinski definition) is 1. The molecule has 0 radical (unpaired) electrons. The average Bonchev–Trinajstić information content (AvgIpc) is 2.49. The molecular formula is C17H22F2N2O2. The fourth-order valence-electron chi connectivity index (χ4n) is 2.77. The van der Waals surface area contributed by atoms with Gasteiger partial charge in [0.15, 0.2) is 0 Å². The summed E-state index contributed by atoms with van der Waals surface area (Å²) in [6, 6.07) is 2.78. The molecule has 1 aromatic carbocycles. The third-order valence-electron chi connectivity index (χ3n) is 4.06. The highest BCUT2D eigenvalue weighted by Crippen LogP contribution is 2.18. The molecule has 0 spiro atoms. The Balaban J connectivity index is 1.76. The number of carbonyl (C=O) groups excluding carboxylic acids is 2. The molecule has 0 saturated carbocycles. The van der Waals surface area contributed by atoms with Crippen molar-refractivity contribution in [3.8, 4) is 0 Å². The van der Waals surface area contributed by atoms with Gasteiger partial charge in [-0.25, -0.2) is 8.78 Å². The van der Waals surface area contributed by atoms with E-state index in [-0.39, 0.29) is 23.8 Å². The zero-order valence-corrected chi connectivity index (χ0v) is 13.3. The van der Waals surface area contributed by atoms with Crippen LogP contribution in [-0.2, 0) is 9.59 Å². The van der Waals surface area contributed by atoms with Crippen molar-refractivity contribution in [1.82, 2.24) is 10.2 Å². The lowest BCUT2D eigenvalue weighted by molar-refractivity contribution is -0.133. The van der Waals surface area contributed by atoms with Crippen molar-refractivity contribution in [2.24, 2.45) is 0 Å². The van der Waals surface area contributed by atoms with E-state index in [4.69, 9.17) is 0 Å². The summed E-state index contributed by atoms with van der Waals surface area (Å²) in [5, 5.41) is 2.70. The molecule has 0 aliphatic carbocycles. The maximum absolute atomic E-state index is 13.7. The standard InChI is InChI=1S/C17H22F2N2O2/c1-12(14-8-7-13(18)11-15(14)19)20-16(22)5-4-10-21-9-3-2-6-17(21)23/h7-8,11-12H,2-6,9-10H2,1H3,(H,20,22). The van der Waals surface area contributed by atoms with Gasteiger partial charge in [-0.3, -0.25) is 9.59 Å². The van der Waals surface area contributed by atoms with Crippen LogP contribution in [0.3, 0.4) is 0 Å². The van der Waals surface area contributed by atoms with Crippen molar-refractivity contribution in [2.45, 2.75) is 45.1 Å². The van der Waals surface area contributed by atoms with E-state index in [1.54, 1.807) is 11.8 Å². The SMILES string of the molecule is CC(NC(=O)CCCN1CCCCC1=O)c1ccc(F)cc1F. The fraction of sp³-hybridized carbons (Fsp3) is 0.529. The Labute approximate surface area is 134 Å². The van der Waals surface area contributed by atoms with E-state index in [1.165, 1.54) is 12.1 Å². The number of halogens is 2. The predicted molar refractivity (Wildman–Crippen MR) is 82.6 cm³/mol. The first-order valence-corrected chi connectivity index (χ1v) is 7.99. The molecule has 2 amide bonds. The topological polar surface area (TPSA) is 49.4 Å². The molecule has 0 bridgehead atoms. The highest BCUT2D eigenvalue weighted by molar-refractivity contribution is 5.77. The Hall–Kier alpha value is -1.98. The van der Waals surface area contributed by atoms with Crippen LogP contribution in [0.15, 0.2) is 18.2 Å². The molecule has 1 aliphatic rings. The summed E-state index contributed by atoms with van der Waals surface area (Å²) >= 11 is 0. The third-order valence-corrected chi connectivity index (χ3v) is 4.06.